The van der Waals surface area contributed by atoms with Gasteiger partial charge in [-0.15, -0.1) is 0 Å². The van der Waals surface area contributed by atoms with Gasteiger partial charge in [0.05, 0.1) is 11.7 Å². The lowest BCUT2D eigenvalue weighted by molar-refractivity contribution is 0.253. The maximum Gasteiger partial charge on any atom is 0.106 e. The second-order valence-corrected chi connectivity index (χ2v) is 7.71. The van der Waals surface area contributed by atoms with E-state index in [0.29, 0.717) is 12.0 Å². The Kier molecular flexibility index (Phi) is 4.42. The second kappa shape index (κ2) is 6.69. The van der Waals surface area contributed by atoms with Gasteiger partial charge in [0.2, 0.25) is 0 Å². The van der Waals surface area contributed by atoms with E-state index in [2.05, 4.69) is 86.0 Å². The van der Waals surface area contributed by atoms with Crippen LogP contribution in [0.4, 0.5) is 0 Å². The van der Waals surface area contributed by atoms with Crippen molar-refractivity contribution in [3.63, 3.8) is 0 Å². The van der Waals surface area contributed by atoms with E-state index in [4.69, 9.17) is 0 Å². The third-order valence-electron chi connectivity index (χ3n) is 5.10. The highest BCUT2D eigenvalue weighted by molar-refractivity contribution is 9.10. The van der Waals surface area contributed by atoms with Gasteiger partial charge in [-0.3, -0.25) is 4.90 Å². The summed E-state index contributed by atoms with van der Waals surface area (Å²) in [6.45, 7) is 5.65. The zero-order valence-electron chi connectivity index (χ0n) is 13.9. The predicted octanol–water partition coefficient (Wildman–Crippen LogP) is 4.71. The van der Waals surface area contributed by atoms with Gasteiger partial charge in [0.25, 0.3) is 0 Å². The molecule has 0 N–H and O–H groups in total. The number of hydrogen-bond donors (Lipinski definition) is 0. The minimum Gasteiger partial charge on any atom is -0.346 e. The molecule has 3 nitrogen and oxygen atoms in total. The molecule has 1 saturated heterocycles. The van der Waals surface area contributed by atoms with Crippen molar-refractivity contribution in [3.8, 4) is 0 Å². The zero-order valence-corrected chi connectivity index (χ0v) is 15.5. The molecular weight excluding hydrogens is 362 g/mol. The molecule has 2 atom stereocenters. The molecule has 1 aromatic carbocycles. The highest BCUT2D eigenvalue weighted by Crippen LogP contribution is 2.28. The van der Waals surface area contributed by atoms with Crippen molar-refractivity contribution in [1.82, 2.24) is 14.5 Å². The van der Waals surface area contributed by atoms with Crippen LogP contribution in [0, 0.1) is 5.92 Å². The van der Waals surface area contributed by atoms with Gasteiger partial charge >= 0.3 is 0 Å². The van der Waals surface area contributed by atoms with Crippen LogP contribution in [0.25, 0.3) is 10.9 Å². The molecule has 1 aliphatic rings. The molecule has 0 bridgehead atoms. The van der Waals surface area contributed by atoms with E-state index in [9.17, 15) is 0 Å². The largest absolute Gasteiger partial charge is 0.346 e. The number of rotatable bonds is 4. The Labute approximate surface area is 151 Å². The third-order valence-corrected chi connectivity index (χ3v) is 5.53. The summed E-state index contributed by atoms with van der Waals surface area (Å²) in [7, 11) is 0. The SMILES string of the molecule is C[C@@H]1C[C@H](Cn2ccc3cc(Br)ncc32)CN1Cc1ccccc1. The summed E-state index contributed by atoms with van der Waals surface area (Å²) in [6.07, 6.45) is 5.43. The van der Waals surface area contributed by atoms with Crippen LogP contribution in [-0.2, 0) is 13.1 Å². The molecule has 0 spiro atoms. The first kappa shape index (κ1) is 15.9. The number of pyridine rings is 1. The Morgan fingerprint density at radius 1 is 1.21 bits per heavy atom. The molecule has 0 amide bonds. The summed E-state index contributed by atoms with van der Waals surface area (Å²) in [5.74, 6) is 0.697. The maximum absolute atomic E-state index is 4.39. The lowest BCUT2D eigenvalue weighted by Crippen LogP contribution is -2.26. The molecule has 1 aliphatic heterocycles. The van der Waals surface area contributed by atoms with Gasteiger partial charge in [-0.25, -0.2) is 4.98 Å². The quantitative estimate of drug-likeness (QED) is 0.608. The molecule has 1 fully saturated rings. The number of benzene rings is 1. The molecule has 4 rings (SSSR count). The van der Waals surface area contributed by atoms with Crippen LogP contribution in [0.15, 0.2) is 59.5 Å². The molecule has 3 aromatic rings. The highest BCUT2D eigenvalue weighted by atomic mass is 79.9. The van der Waals surface area contributed by atoms with Crippen molar-refractivity contribution in [2.75, 3.05) is 6.54 Å². The predicted molar refractivity (Wildman–Crippen MR) is 102 cm³/mol. The van der Waals surface area contributed by atoms with Crippen LogP contribution in [0.1, 0.15) is 18.9 Å². The lowest BCUT2D eigenvalue weighted by atomic mass is 10.1. The van der Waals surface area contributed by atoms with Crippen LogP contribution in [0.5, 0.6) is 0 Å². The average Bonchev–Trinajstić information content (AvgIpc) is 3.12. The Morgan fingerprint density at radius 3 is 2.88 bits per heavy atom. The van der Waals surface area contributed by atoms with Gasteiger partial charge in [0.1, 0.15) is 4.60 Å². The summed E-state index contributed by atoms with van der Waals surface area (Å²) in [6, 6.07) is 15.7. The Hall–Kier alpha value is -1.65. The highest BCUT2D eigenvalue weighted by Gasteiger charge is 2.29. The summed E-state index contributed by atoms with van der Waals surface area (Å²) in [5, 5.41) is 1.25. The molecule has 0 radical (unpaired) electrons. The van der Waals surface area contributed by atoms with Gasteiger partial charge in [0, 0.05) is 37.3 Å². The molecule has 4 heteroatoms. The number of nitrogens with zero attached hydrogens (tertiary/aromatic N) is 3. The van der Waals surface area contributed by atoms with E-state index in [0.717, 1.165) is 17.7 Å². The molecule has 3 heterocycles. The first-order valence-corrected chi connectivity index (χ1v) is 9.37. The summed E-state index contributed by atoms with van der Waals surface area (Å²) in [4.78, 5) is 7.00. The number of fused-ring (bicyclic) bond motifs is 1. The monoisotopic (exact) mass is 383 g/mol. The van der Waals surface area contributed by atoms with Crippen LogP contribution < -0.4 is 0 Å². The smallest absolute Gasteiger partial charge is 0.106 e. The minimum absolute atomic E-state index is 0.643. The topological polar surface area (TPSA) is 21.1 Å². The standard InChI is InChI=1S/C20H22BrN3/c1-15-9-17(14-24(15)12-16-5-3-2-4-6-16)13-23-8-7-18-10-20(21)22-11-19(18)23/h2-8,10-11,15,17H,9,12-14H2,1H3/t15-,17-/m1/s1. The Balaban J connectivity index is 1.46. The van der Waals surface area contributed by atoms with E-state index in [1.165, 1.54) is 29.4 Å². The van der Waals surface area contributed by atoms with Crippen molar-refractivity contribution in [3.05, 3.63) is 65.0 Å². The molecular formula is C20H22BrN3. The van der Waals surface area contributed by atoms with Crippen LogP contribution in [-0.4, -0.2) is 27.0 Å². The molecule has 0 aliphatic carbocycles. The second-order valence-electron chi connectivity index (χ2n) is 6.90. The first-order chi connectivity index (χ1) is 11.7. The van der Waals surface area contributed by atoms with E-state index in [1.807, 2.05) is 6.20 Å². The van der Waals surface area contributed by atoms with E-state index in [1.54, 1.807) is 0 Å². The fourth-order valence-electron chi connectivity index (χ4n) is 3.89. The van der Waals surface area contributed by atoms with Gasteiger partial charge in [-0.2, -0.15) is 0 Å². The number of halogens is 1. The average molecular weight is 384 g/mol. The molecule has 0 unspecified atom stereocenters. The molecule has 2 aromatic heterocycles. The van der Waals surface area contributed by atoms with Gasteiger partial charge in [0.15, 0.2) is 0 Å². The number of aromatic nitrogens is 2. The fraction of sp³-hybridized carbons (Fsp3) is 0.350. The van der Waals surface area contributed by atoms with Crippen LogP contribution in [0.3, 0.4) is 0 Å². The number of hydrogen-bond acceptors (Lipinski definition) is 2. The Bertz CT molecular complexity index is 827. The van der Waals surface area contributed by atoms with Crippen molar-refractivity contribution in [2.24, 2.45) is 5.92 Å². The van der Waals surface area contributed by atoms with Crippen molar-refractivity contribution in [1.29, 1.82) is 0 Å². The molecule has 0 saturated carbocycles. The van der Waals surface area contributed by atoms with Gasteiger partial charge < -0.3 is 4.57 Å². The molecule has 124 valence electrons. The normalized spacial score (nSPS) is 21.6. The van der Waals surface area contributed by atoms with Crippen LogP contribution in [0.2, 0.25) is 0 Å². The fourth-order valence-corrected chi connectivity index (χ4v) is 4.24. The third kappa shape index (κ3) is 3.26. The van der Waals surface area contributed by atoms with Gasteiger partial charge in [-0.1, -0.05) is 30.3 Å². The van der Waals surface area contributed by atoms with E-state index in [-0.39, 0.29) is 0 Å². The van der Waals surface area contributed by atoms with Crippen molar-refractivity contribution < 1.29 is 0 Å². The number of likely N-dealkylation sites (tertiary alicyclic amines) is 1. The minimum atomic E-state index is 0.643. The maximum atomic E-state index is 4.39. The van der Waals surface area contributed by atoms with Crippen molar-refractivity contribution in [2.45, 2.75) is 32.5 Å². The molecule has 24 heavy (non-hydrogen) atoms. The van der Waals surface area contributed by atoms with Crippen LogP contribution >= 0.6 is 15.9 Å². The zero-order chi connectivity index (χ0) is 16.5. The van der Waals surface area contributed by atoms with Gasteiger partial charge in [-0.05, 0) is 52.9 Å². The lowest BCUT2D eigenvalue weighted by Gasteiger charge is -2.21. The van der Waals surface area contributed by atoms with Crippen molar-refractivity contribution >= 4 is 26.8 Å². The van der Waals surface area contributed by atoms with E-state index < -0.39 is 0 Å². The summed E-state index contributed by atoms with van der Waals surface area (Å²) in [5.41, 5.74) is 2.64. The van der Waals surface area contributed by atoms with E-state index >= 15 is 0 Å². The summed E-state index contributed by atoms with van der Waals surface area (Å²) >= 11 is 3.45. The first-order valence-electron chi connectivity index (χ1n) is 8.57. The summed E-state index contributed by atoms with van der Waals surface area (Å²) < 4.78 is 3.26. The Morgan fingerprint density at radius 2 is 2.04 bits per heavy atom.